The summed E-state index contributed by atoms with van der Waals surface area (Å²) in [5.41, 5.74) is 0. The minimum Gasteiger partial charge on any atom is -0.448 e. The number of hydrogen-bond acceptors (Lipinski definition) is 4. The van der Waals surface area contributed by atoms with Crippen molar-refractivity contribution in [2.24, 2.45) is 0 Å². The second-order valence-electron chi connectivity index (χ2n) is 4.51. The molecule has 0 aliphatic carbocycles. The molecule has 22 heavy (non-hydrogen) atoms. The van der Waals surface area contributed by atoms with Crippen LogP contribution in [0.2, 0.25) is 0 Å². The molecule has 0 aromatic rings. The predicted molar refractivity (Wildman–Crippen MR) is 95.6 cm³/mol. The maximum atomic E-state index is 11.5. The molecular formula is C12H12Br4N2O4. The zero-order chi connectivity index (χ0) is 16.3. The zero-order valence-corrected chi connectivity index (χ0v) is 17.6. The fourth-order valence-corrected chi connectivity index (χ4v) is 4.11. The van der Waals surface area contributed by atoms with Crippen LogP contribution < -0.4 is 0 Å². The smallest absolute Gasteiger partial charge is 0.410 e. The lowest BCUT2D eigenvalue weighted by Crippen LogP contribution is -2.26. The summed E-state index contributed by atoms with van der Waals surface area (Å²) in [6.45, 7) is 2.76. The number of ether oxygens (including phenoxy) is 2. The van der Waals surface area contributed by atoms with E-state index in [0.717, 1.165) is 17.9 Å². The number of nitrogens with zero attached hydrogens (tertiary/aromatic N) is 2. The summed E-state index contributed by atoms with van der Waals surface area (Å²) >= 11 is 13.9. The van der Waals surface area contributed by atoms with E-state index in [1.165, 1.54) is 0 Å². The van der Waals surface area contributed by atoms with E-state index in [-0.39, 0.29) is 12.2 Å². The van der Waals surface area contributed by atoms with Gasteiger partial charge in [-0.25, -0.2) is 9.59 Å². The molecule has 6 nitrogen and oxygen atoms in total. The van der Waals surface area contributed by atoms with E-state index in [1.54, 1.807) is 9.80 Å². The number of allylic oxidation sites excluding steroid dienone is 2. The van der Waals surface area contributed by atoms with Crippen molar-refractivity contribution in [1.82, 2.24) is 9.80 Å². The number of hydrogen-bond donors (Lipinski definition) is 0. The number of halogens is 4. The summed E-state index contributed by atoms with van der Waals surface area (Å²) in [7, 11) is 0. The molecule has 2 aliphatic heterocycles. The normalized spacial score (nSPS) is 20.7. The van der Waals surface area contributed by atoms with Crippen LogP contribution in [-0.4, -0.2) is 61.4 Å². The Bertz CT molecular complexity index is 501. The van der Waals surface area contributed by atoms with Crippen LogP contribution in [-0.2, 0) is 9.47 Å². The van der Waals surface area contributed by atoms with Gasteiger partial charge in [-0.2, -0.15) is 0 Å². The Balaban J connectivity index is 2.05. The summed E-state index contributed by atoms with van der Waals surface area (Å²) in [6.07, 6.45) is -0.646. The van der Waals surface area contributed by atoms with Gasteiger partial charge in [0.2, 0.25) is 0 Å². The lowest BCUT2D eigenvalue weighted by Gasteiger charge is -2.15. The second-order valence-corrected chi connectivity index (χ2v) is 8.01. The third-order valence-corrected chi connectivity index (χ3v) is 7.66. The molecule has 0 bridgehead atoms. The molecule has 2 heterocycles. The molecule has 0 aromatic carbocycles. The van der Waals surface area contributed by atoms with E-state index in [4.69, 9.17) is 9.47 Å². The average molecular weight is 568 g/mol. The molecule has 10 heteroatoms. The highest BCUT2D eigenvalue weighted by Crippen LogP contribution is 2.35. The monoisotopic (exact) mass is 564 g/mol. The first-order valence-electron chi connectivity index (χ1n) is 6.32. The first kappa shape index (κ1) is 18.3. The van der Waals surface area contributed by atoms with Crippen LogP contribution in [0.1, 0.15) is 0 Å². The van der Waals surface area contributed by atoms with E-state index in [9.17, 15) is 9.59 Å². The molecule has 0 unspecified atom stereocenters. The Hall–Kier alpha value is -0.0600. The SMILES string of the molecule is O=C1OCCN1C/C(Br)=C(Br)/C(Br)=C(\Br)CN1CCOC1=O. The number of carbonyl (C=O) groups excluding carboxylic acids is 2. The Morgan fingerprint density at radius 2 is 1.18 bits per heavy atom. The van der Waals surface area contributed by atoms with Gasteiger partial charge < -0.3 is 9.47 Å². The Labute approximate surface area is 161 Å². The predicted octanol–water partition coefficient (Wildman–Crippen LogP) is 3.89. The number of carbonyl (C=O) groups is 2. The Kier molecular flexibility index (Phi) is 6.78. The highest BCUT2D eigenvalue weighted by atomic mass is 79.9. The third kappa shape index (κ3) is 4.48. The molecule has 2 amide bonds. The van der Waals surface area contributed by atoms with Crippen molar-refractivity contribution in [2.45, 2.75) is 0 Å². The fourth-order valence-electron chi connectivity index (χ4n) is 1.85. The van der Waals surface area contributed by atoms with Gasteiger partial charge >= 0.3 is 12.2 Å². The summed E-state index contributed by atoms with van der Waals surface area (Å²) < 4.78 is 12.9. The van der Waals surface area contributed by atoms with E-state index < -0.39 is 0 Å². The lowest BCUT2D eigenvalue weighted by atomic mass is 10.4. The van der Waals surface area contributed by atoms with Gasteiger partial charge in [-0.1, -0.05) is 31.9 Å². The van der Waals surface area contributed by atoms with Gasteiger partial charge in [-0.05, 0) is 31.9 Å². The standard InChI is InChI=1S/C12H12Br4N2O4/c13-7(5-17-1-3-21-11(17)19)9(15)10(16)8(14)6-18-2-4-22-12(18)20/h1-6H2/b9-7+,10-8+. The molecule has 2 saturated heterocycles. The summed E-state index contributed by atoms with van der Waals surface area (Å²) in [6, 6.07) is 0. The van der Waals surface area contributed by atoms with Crippen molar-refractivity contribution in [3.05, 3.63) is 17.9 Å². The minimum absolute atomic E-state index is 0.323. The minimum atomic E-state index is -0.323. The van der Waals surface area contributed by atoms with E-state index in [1.807, 2.05) is 0 Å². The van der Waals surface area contributed by atoms with Crippen LogP contribution in [0.15, 0.2) is 17.9 Å². The average Bonchev–Trinajstić information content (AvgIpc) is 3.07. The van der Waals surface area contributed by atoms with Crippen LogP contribution in [0.5, 0.6) is 0 Å². The molecule has 2 fully saturated rings. The molecule has 0 aromatic heterocycles. The largest absolute Gasteiger partial charge is 0.448 e. The molecule has 0 N–H and O–H groups in total. The number of amides is 2. The first-order chi connectivity index (χ1) is 10.4. The Morgan fingerprint density at radius 1 is 0.818 bits per heavy atom. The molecule has 0 atom stereocenters. The first-order valence-corrected chi connectivity index (χ1v) is 9.49. The zero-order valence-electron chi connectivity index (χ0n) is 11.3. The van der Waals surface area contributed by atoms with E-state index >= 15 is 0 Å². The van der Waals surface area contributed by atoms with Gasteiger partial charge in [0.05, 0.1) is 26.2 Å². The van der Waals surface area contributed by atoms with Gasteiger partial charge in [0.1, 0.15) is 13.2 Å². The number of cyclic esters (lactones) is 2. The molecule has 0 saturated carbocycles. The quantitative estimate of drug-likeness (QED) is 0.473. The maximum absolute atomic E-state index is 11.5. The van der Waals surface area contributed by atoms with E-state index in [0.29, 0.717) is 39.4 Å². The highest BCUT2D eigenvalue weighted by molar-refractivity contribution is 9.17. The van der Waals surface area contributed by atoms with Crippen molar-refractivity contribution in [3.8, 4) is 0 Å². The van der Waals surface area contributed by atoms with Crippen molar-refractivity contribution in [2.75, 3.05) is 39.4 Å². The van der Waals surface area contributed by atoms with Crippen molar-refractivity contribution >= 4 is 75.9 Å². The molecule has 0 spiro atoms. The summed E-state index contributed by atoms with van der Waals surface area (Å²) in [4.78, 5) is 26.1. The van der Waals surface area contributed by atoms with Crippen LogP contribution in [0, 0.1) is 0 Å². The van der Waals surface area contributed by atoms with Gasteiger partial charge in [0.25, 0.3) is 0 Å². The van der Waals surface area contributed by atoms with E-state index in [2.05, 4.69) is 63.7 Å². The van der Waals surface area contributed by atoms with Gasteiger partial charge in [-0.3, -0.25) is 9.80 Å². The lowest BCUT2D eigenvalue weighted by molar-refractivity contribution is 0.160. The molecular weight excluding hydrogens is 556 g/mol. The van der Waals surface area contributed by atoms with Crippen molar-refractivity contribution in [3.63, 3.8) is 0 Å². The van der Waals surface area contributed by atoms with Crippen LogP contribution in [0.3, 0.4) is 0 Å². The van der Waals surface area contributed by atoms with Crippen LogP contribution >= 0.6 is 63.7 Å². The number of rotatable bonds is 5. The second kappa shape index (κ2) is 8.16. The van der Waals surface area contributed by atoms with Crippen molar-refractivity contribution < 1.29 is 19.1 Å². The van der Waals surface area contributed by atoms with Gasteiger partial charge in [0.15, 0.2) is 0 Å². The topological polar surface area (TPSA) is 59.1 Å². The highest BCUT2D eigenvalue weighted by Gasteiger charge is 2.25. The summed E-state index contributed by atoms with van der Waals surface area (Å²) in [5.74, 6) is 0. The maximum Gasteiger partial charge on any atom is 0.410 e. The van der Waals surface area contributed by atoms with Crippen LogP contribution in [0.25, 0.3) is 0 Å². The third-order valence-electron chi connectivity index (χ3n) is 3.02. The van der Waals surface area contributed by atoms with Gasteiger partial charge in [-0.15, -0.1) is 0 Å². The van der Waals surface area contributed by atoms with Gasteiger partial charge in [0, 0.05) is 17.9 Å². The molecule has 2 aliphatic rings. The molecule has 2 rings (SSSR count). The van der Waals surface area contributed by atoms with Crippen LogP contribution in [0.4, 0.5) is 9.59 Å². The van der Waals surface area contributed by atoms with Crippen molar-refractivity contribution in [1.29, 1.82) is 0 Å². The molecule has 0 radical (unpaired) electrons. The summed E-state index contributed by atoms with van der Waals surface area (Å²) in [5, 5.41) is 0. The molecule has 122 valence electrons. The fraction of sp³-hybridized carbons (Fsp3) is 0.500. The Morgan fingerprint density at radius 3 is 1.45 bits per heavy atom.